The molecule has 0 radical (unpaired) electrons. The first kappa shape index (κ1) is 9.47. The number of nitrogens with zero attached hydrogens (tertiary/aromatic N) is 2. The minimum absolute atomic E-state index is 0.00604. The third-order valence-corrected chi connectivity index (χ3v) is 2.09. The largest absolute Gasteiger partial charge is 0.508 e. The maximum absolute atomic E-state index is 10.9. The Morgan fingerprint density at radius 2 is 2.33 bits per heavy atom. The lowest BCUT2D eigenvalue weighted by molar-refractivity contribution is 0.0693. The molecule has 2 aromatic heterocycles. The number of carboxylic acids is 1. The molecule has 0 saturated heterocycles. The molecule has 0 aromatic carbocycles. The Kier molecular flexibility index (Phi) is 2.05. The van der Waals surface area contributed by atoms with Crippen molar-refractivity contribution in [3.8, 4) is 5.75 Å². The smallest absolute Gasteiger partial charge is 0.356 e. The molecule has 6 nitrogen and oxygen atoms in total. The number of nitrogens with two attached hydrogens (primary N) is 1. The molecule has 2 rings (SSSR count). The van der Waals surface area contributed by atoms with Crippen molar-refractivity contribution < 1.29 is 15.0 Å². The van der Waals surface area contributed by atoms with Crippen molar-refractivity contribution in [1.29, 1.82) is 0 Å². The number of hydrogen-bond donors (Lipinski definition) is 3. The van der Waals surface area contributed by atoms with E-state index in [1.54, 1.807) is 4.40 Å². The molecule has 0 aliphatic carbocycles. The highest BCUT2D eigenvalue weighted by atomic mass is 16.4. The molecule has 0 atom stereocenters. The van der Waals surface area contributed by atoms with Gasteiger partial charge in [-0.1, -0.05) is 0 Å². The molecule has 0 aliphatic rings. The van der Waals surface area contributed by atoms with Crippen LogP contribution < -0.4 is 5.73 Å². The number of aromatic nitrogens is 2. The van der Waals surface area contributed by atoms with Gasteiger partial charge in [0, 0.05) is 12.3 Å². The van der Waals surface area contributed by atoms with Gasteiger partial charge in [0.2, 0.25) is 0 Å². The van der Waals surface area contributed by atoms with Crippen molar-refractivity contribution in [2.75, 3.05) is 0 Å². The van der Waals surface area contributed by atoms with E-state index in [-0.39, 0.29) is 18.0 Å². The molecule has 15 heavy (non-hydrogen) atoms. The highest BCUT2D eigenvalue weighted by Gasteiger charge is 2.15. The van der Waals surface area contributed by atoms with Gasteiger partial charge in [-0.05, 0) is 6.07 Å². The second-order valence-corrected chi connectivity index (χ2v) is 3.03. The van der Waals surface area contributed by atoms with Crippen molar-refractivity contribution in [2.24, 2.45) is 5.73 Å². The minimum atomic E-state index is -1.14. The summed E-state index contributed by atoms with van der Waals surface area (Å²) in [5.74, 6) is -0.700. The zero-order chi connectivity index (χ0) is 11.0. The number of carboxylic acid groups (broad SMARTS) is 1. The molecule has 78 valence electrons. The number of aromatic carboxylic acids is 1. The van der Waals surface area contributed by atoms with Crippen LogP contribution >= 0.6 is 0 Å². The molecule has 0 spiro atoms. The molecule has 6 heteroatoms. The summed E-state index contributed by atoms with van der Waals surface area (Å²) in [5, 5.41) is 18.1. The van der Waals surface area contributed by atoms with Gasteiger partial charge in [0.15, 0.2) is 5.69 Å². The van der Waals surface area contributed by atoms with E-state index in [2.05, 4.69) is 4.98 Å². The Morgan fingerprint density at radius 1 is 1.60 bits per heavy atom. The Hall–Kier alpha value is -2.08. The molecule has 0 amide bonds. The third-order valence-electron chi connectivity index (χ3n) is 2.09. The van der Waals surface area contributed by atoms with E-state index >= 15 is 0 Å². The number of pyridine rings is 1. The lowest BCUT2D eigenvalue weighted by Crippen LogP contribution is -2.02. The fourth-order valence-electron chi connectivity index (χ4n) is 1.44. The normalized spacial score (nSPS) is 10.7. The Balaban J connectivity index is 2.81. The zero-order valence-electron chi connectivity index (χ0n) is 7.71. The second kappa shape index (κ2) is 3.25. The molecule has 0 aliphatic heterocycles. The molecule has 2 aromatic rings. The molecule has 0 fully saturated rings. The molecule has 0 bridgehead atoms. The van der Waals surface area contributed by atoms with E-state index < -0.39 is 5.97 Å². The highest BCUT2D eigenvalue weighted by molar-refractivity contribution is 5.94. The van der Waals surface area contributed by atoms with E-state index in [1.165, 1.54) is 18.3 Å². The standard InChI is InChI=1S/C9H9N3O3/c10-4-7-11-8(9(14)15)6-3-5(13)1-2-12(6)7/h1-3,13H,4,10H2,(H,14,15). The monoisotopic (exact) mass is 207 g/mol. The maximum atomic E-state index is 10.9. The van der Waals surface area contributed by atoms with Crippen LogP contribution in [-0.4, -0.2) is 25.6 Å². The summed E-state index contributed by atoms with van der Waals surface area (Å²) < 4.78 is 1.54. The lowest BCUT2D eigenvalue weighted by Gasteiger charge is -1.98. The van der Waals surface area contributed by atoms with Crippen LogP contribution in [0.4, 0.5) is 0 Å². The molecule has 2 heterocycles. The summed E-state index contributed by atoms with van der Waals surface area (Å²) >= 11 is 0. The minimum Gasteiger partial charge on any atom is -0.508 e. The average Bonchev–Trinajstić information content (AvgIpc) is 2.55. The number of hydrogen-bond acceptors (Lipinski definition) is 4. The van der Waals surface area contributed by atoms with Crippen LogP contribution in [0.15, 0.2) is 18.3 Å². The summed E-state index contributed by atoms with van der Waals surface area (Å²) in [6.45, 7) is 0.138. The predicted octanol–water partition coefficient (Wildman–Crippen LogP) is 0.197. The Bertz CT molecular complexity index is 533. The quantitative estimate of drug-likeness (QED) is 0.652. The lowest BCUT2D eigenvalue weighted by atomic mass is 10.3. The number of carbonyl (C=O) groups is 1. The highest BCUT2D eigenvalue weighted by Crippen LogP contribution is 2.18. The third kappa shape index (κ3) is 1.40. The van der Waals surface area contributed by atoms with Gasteiger partial charge < -0.3 is 20.3 Å². The van der Waals surface area contributed by atoms with Crippen molar-refractivity contribution in [2.45, 2.75) is 6.54 Å². The van der Waals surface area contributed by atoms with E-state index in [0.29, 0.717) is 11.3 Å². The van der Waals surface area contributed by atoms with Crippen LogP contribution in [0.2, 0.25) is 0 Å². The first-order valence-electron chi connectivity index (χ1n) is 4.27. The first-order valence-corrected chi connectivity index (χ1v) is 4.27. The Morgan fingerprint density at radius 3 is 2.93 bits per heavy atom. The number of rotatable bonds is 2. The number of imidazole rings is 1. The molecule has 0 saturated carbocycles. The summed E-state index contributed by atoms with van der Waals surface area (Å²) in [4.78, 5) is 14.7. The second-order valence-electron chi connectivity index (χ2n) is 3.03. The van der Waals surface area contributed by atoms with Crippen LogP contribution in [0.1, 0.15) is 16.3 Å². The van der Waals surface area contributed by atoms with Crippen LogP contribution in [0, 0.1) is 0 Å². The van der Waals surface area contributed by atoms with Gasteiger partial charge in [-0.3, -0.25) is 0 Å². The summed E-state index contributed by atoms with van der Waals surface area (Å²) in [5.41, 5.74) is 5.66. The fraction of sp³-hybridized carbons (Fsp3) is 0.111. The van der Waals surface area contributed by atoms with Crippen LogP contribution in [0.5, 0.6) is 5.75 Å². The van der Waals surface area contributed by atoms with Crippen LogP contribution in [0.25, 0.3) is 5.52 Å². The maximum Gasteiger partial charge on any atom is 0.356 e. The summed E-state index contributed by atoms with van der Waals surface area (Å²) in [6, 6.07) is 2.79. The van der Waals surface area contributed by atoms with Crippen LogP contribution in [-0.2, 0) is 6.54 Å². The molecular formula is C9H9N3O3. The molecule has 4 N–H and O–H groups in total. The number of fused-ring (bicyclic) bond motifs is 1. The van der Waals surface area contributed by atoms with Crippen molar-refractivity contribution in [3.63, 3.8) is 0 Å². The Labute approximate surface area is 84.6 Å². The zero-order valence-corrected chi connectivity index (χ0v) is 7.71. The molecular weight excluding hydrogens is 198 g/mol. The van der Waals surface area contributed by atoms with Crippen molar-refractivity contribution in [3.05, 3.63) is 29.8 Å². The fourth-order valence-corrected chi connectivity index (χ4v) is 1.44. The van der Waals surface area contributed by atoms with Crippen molar-refractivity contribution in [1.82, 2.24) is 9.38 Å². The predicted molar refractivity (Wildman–Crippen MR) is 51.7 cm³/mol. The molecule has 0 unspecified atom stereocenters. The summed E-state index contributed by atoms with van der Waals surface area (Å²) in [6.07, 6.45) is 1.53. The SMILES string of the molecule is NCc1nc(C(=O)O)c2cc(O)ccn12. The van der Waals surface area contributed by atoms with Gasteiger partial charge in [0.25, 0.3) is 0 Å². The van der Waals surface area contributed by atoms with Gasteiger partial charge in [-0.25, -0.2) is 9.78 Å². The first-order chi connectivity index (χ1) is 7.13. The average molecular weight is 207 g/mol. The van der Waals surface area contributed by atoms with E-state index in [0.717, 1.165) is 0 Å². The van der Waals surface area contributed by atoms with Crippen molar-refractivity contribution >= 4 is 11.5 Å². The van der Waals surface area contributed by atoms with Gasteiger partial charge in [0.05, 0.1) is 12.1 Å². The van der Waals surface area contributed by atoms with Gasteiger partial charge in [0.1, 0.15) is 11.6 Å². The van der Waals surface area contributed by atoms with E-state index in [9.17, 15) is 9.90 Å². The van der Waals surface area contributed by atoms with Gasteiger partial charge in [-0.15, -0.1) is 0 Å². The van der Waals surface area contributed by atoms with E-state index in [4.69, 9.17) is 10.8 Å². The number of aromatic hydroxyl groups is 1. The van der Waals surface area contributed by atoms with E-state index in [1.807, 2.05) is 0 Å². The summed E-state index contributed by atoms with van der Waals surface area (Å²) in [7, 11) is 0. The van der Waals surface area contributed by atoms with Gasteiger partial charge in [-0.2, -0.15) is 0 Å². The van der Waals surface area contributed by atoms with Crippen LogP contribution in [0.3, 0.4) is 0 Å². The topological polar surface area (TPSA) is 101 Å². The van der Waals surface area contributed by atoms with Gasteiger partial charge >= 0.3 is 5.97 Å².